The van der Waals surface area contributed by atoms with E-state index >= 15 is 0 Å². The van der Waals surface area contributed by atoms with Gasteiger partial charge in [-0.25, -0.2) is 0 Å². The van der Waals surface area contributed by atoms with E-state index in [0.29, 0.717) is 12.0 Å². The van der Waals surface area contributed by atoms with Crippen molar-refractivity contribution in [3.63, 3.8) is 0 Å². The zero-order valence-corrected chi connectivity index (χ0v) is 9.78. The van der Waals surface area contributed by atoms with Gasteiger partial charge in [-0.15, -0.1) is 13.2 Å². The fourth-order valence-electron chi connectivity index (χ4n) is 1.86. The molecule has 1 N–H and O–H groups in total. The normalized spacial score (nSPS) is 17.6. The molecule has 1 aliphatic carbocycles. The lowest BCUT2D eigenvalue weighted by Gasteiger charge is -2.12. The Morgan fingerprint density at radius 1 is 1.22 bits per heavy atom. The van der Waals surface area contributed by atoms with Gasteiger partial charge in [0, 0.05) is 0 Å². The Kier molecular flexibility index (Phi) is 3.80. The van der Waals surface area contributed by atoms with Crippen LogP contribution in [0, 0.1) is 5.92 Å². The molecular weight excluding hydrogens is 245 g/mol. The molecule has 0 aliphatic heterocycles. The van der Waals surface area contributed by atoms with Crippen molar-refractivity contribution >= 4 is 0 Å². The minimum Gasteiger partial charge on any atom is -0.406 e. The SMILES string of the molecule is OC(CCC1CC1)c1ccc(OC(F)(F)F)cc1. The van der Waals surface area contributed by atoms with Gasteiger partial charge in [-0.05, 0) is 36.5 Å². The van der Waals surface area contributed by atoms with Gasteiger partial charge in [-0.1, -0.05) is 25.0 Å². The molecule has 1 aromatic rings. The van der Waals surface area contributed by atoms with Crippen molar-refractivity contribution in [3.05, 3.63) is 29.8 Å². The summed E-state index contributed by atoms with van der Waals surface area (Å²) < 4.78 is 39.6. The summed E-state index contributed by atoms with van der Waals surface area (Å²) in [5, 5.41) is 9.86. The zero-order valence-electron chi connectivity index (χ0n) is 9.78. The summed E-state index contributed by atoms with van der Waals surface area (Å²) in [5.41, 5.74) is 0.630. The Balaban J connectivity index is 1.89. The molecule has 2 nitrogen and oxygen atoms in total. The molecule has 1 aromatic carbocycles. The van der Waals surface area contributed by atoms with Gasteiger partial charge >= 0.3 is 6.36 Å². The van der Waals surface area contributed by atoms with E-state index in [4.69, 9.17) is 0 Å². The number of rotatable bonds is 5. The van der Waals surface area contributed by atoms with E-state index in [1.165, 1.54) is 37.1 Å². The number of aliphatic hydroxyl groups excluding tert-OH is 1. The van der Waals surface area contributed by atoms with Crippen LogP contribution in [0.5, 0.6) is 5.75 Å². The summed E-state index contributed by atoms with van der Waals surface area (Å²) in [6.45, 7) is 0. The third kappa shape index (κ3) is 4.22. The summed E-state index contributed by atoms with van der Waals surface area (Å²) in [4.78, 5) is 0. The molecule has 0 amide bonds. The van der Waals surface area contributed by atoms with E-state index in [1.54, 1.807) is 0 Å². The van der Waals surface area contributed by atoms with Crippen molar-refractivity contribution in [2.45, 2.75) is 38.1 Å². The fraction of sp³-hybridized carbons (Fsp3) is 0.538. The Bertz CT molecular complexity index is 382. The van der Waals surface area contributed by atoms with Gasteiger partial charge in [0.15, 0.2) is 0 Å². The van der Waals surface area contributed by atoms with Gasteiger partial charge in [-0.2, -0.15) is 0 Å². The molecule has 1 aliphatic rings. The van der Waals surface area contributed by atoms with Crippen LogP contribution in [0.25, 0.3) is 0 Å². The lowest BCUT2D eigenvalue weighted by atomic mass is 10.0. The molecule has 0 aromatic heterocycles. The Hall–Kier alpha value is -1.23. The molecule has 100 valence electrons. The van der Waals surface area contributed by atoms with Crippen molar-refractivity contribution in [3.8, 4) is 5.75 Å². The van der Waals surface area contributed by atoms with Gasteiger partial charge in [-0.3, -0.25) is 0 Å². The zero-order chi connectivity index (χ0) is 13.2. The van der Waals surface area contributed by atoms with Crippen LogP contribution in [-0.2, 0) is 0 Å². The quantitative estimate of drug-likeness (QED) is 0.872. The average Bonchev–Trinajstić information content (AvgIpc) is 3.08. The third-order valence-electron chi connectivity index (χ3n) is 3.04. The van der Waals surface area contributed by atoms with Crippen LogP contribution in [0.1, 0.15) is 37.4 Å². The maximum Gasteiger partial charge on any atom is 0.573 e. The second kappa shape index (κ2) is 5.18. The lowest BCUT2D eigenvalue weighted by Crippen LogP contribution is -2.17. The first-order valence-electron chi connectivity index (χ1n) is 5.98. The smallest absolute Gasteiger partial charge is 0.406 e. The fourth-order valence-corrected chi connectivity index (χ4v) is 1.86. The Morgan fingerprint density at radius 3 is 2.33 bits per heavy atom. The highest BCUT2D eigenvalue weighted by Gasteiger charge is 2.31. The maximum absolute atomic E-state index is 11.9. The van der Waals surface area contributed by atoms with Crippen LogP contribution in [-0.4, -0.2) is 11.5 Å². The third-order valence-corrected chi connectivity index (χ3v) is 3.04. The first kappa shape index (κ1) is 13.2. The molecule has 0 saturated heterocycles. The van der Waals surface area contributed by atoms with Crippen LogP contribution in [0.15, 0.2) is 24.3 Å². The van der Waals surface area contributed by atoms with Crippen molar-refractivity contribution in [2.75, 3.05) is 0 Å². The number of hydrogen-bond acceptors (Lipinski definition) is 2. The standard InChI is InChI=1S/C13H15F3O2/c14-13(15,16)18-11-6-4-10(5-7-11)12(17)8-3-9-1-2-9/h4-7,9,12,17H,1-3,8H2. The number of ether oxygens (including phenoxy) is 1. The van der Waals surface area contributed by atoms with E-state index in [1.807, 2.05) is 0 Å². The highest BCUT2D eigenvalue weighted by atomic mass is 19.4. The number of alkyl halides is 3. The summed E-state index contributed by atoms with van der Waals surface area (Å²) in [5.74, 6) is 0.466. The molecule has 0 spiro atoms. The van der Waals surface area contributed by atoms with Crippen LogP contribution in [0.2, 0.25) is 0 Å². The monoisotopic (exact) mass is 260 g/mol. The van der Waals surface area contributed by atoms with Gasteiger partial charge in [0.25, 0.3) is 0 Å². The Morgan fingerprint density at radius 2 is 1.83 bits per heavy atom. The predicted octanol–water partition coefficient (Wildman–Crippen LogP) is 3.81. The minimum atomic E-state index is -4.67. The average molecular weight is 260 g/mol. The van der Waals surface area contributed by atoms with Gasteiger partial charge in [0.2, 0.25) is 0 Å². The van der Waals surface area contributed by atoms with Gasteiger partial charge < -0.3 is 9.84 Å². The molecule has 1 atom stereocenters. The first-order valence-corrected chi connectivity index (χ1v) is 5.98. The lowest BCUT2D eigenvalue weighted by molar-refractivity contribution is -0.274. The first-order chi connectivity index (χ1) is 8.44. The van der Waals surface area contributed by atoms with Gasteiger partial charge in [0.1, 0.15) is 5.75 Å². The molecule has 0 bridgehead atoms. The van der Waals surface area contributed by atoms with Crippen molar-refractivity contribution < 1.29 is 23.0 Å². The van der Waals surface area contributed by atoms with Crippen LogP contribution in [0.4, 0.5) is 13.2 Å². The van der Waals surface area contributed by atoms with Crippen molar-refractivity contribution in [2.24, 2.45) is 5.92 Å². The predicted molar refractivity (Wildman–Crippen MR) is 60.0 cm³/mol. The molecule has 1 saturated carbocycles. The summed E-state index contributed by atoms with van der Waals surface area (Å²) in [6, 6.07) is 5.39. The molecule has 0 heterocycles. The molecule has 5 heteroatoms. The number of hydrogen-bond donors (Lipinski definition) is 1. The highest BCUT2D eigenvalue weighted by molar-refractivity contribution is 5.28. The second-order valence-corrected chi connectivity index (χ2v) is 4.65. The largest absolute Gasteiger partial charge is 0.573 e. The summed E-state index contributed by atoms with van der Waals surface area (Å²) in [7, 11) is 0. The van der Waals surface area contributed by atoms with Crippen molar-refractivity contribution in [1.82, 2.24) is 0 Å². The van der Waals surface area contributed by atoms with E-state index < -0.39 is 12.5 Å². The highest BCUT2D eigenvalue weighted by Crippen LogP contribution is 2.36. The van der Waals surface area contributed by atoms with Crippen LogP contribution < -0.4 is 4.74 Å². The molecule has 0 radical (unpaired) electrons. The number of aliphatic hydroxyl groups is 1. The van der Waals surface area contributed by atoms with Gasteiger partial charge in [0.05, 0.1) is 6.10 Å². The minimum absolute atomic E-state index is 0.263. The number of benzene rings is 1. The van der Waals surface area contributed by atoms with E-state index in [0.717, 1.165) is 12.3 Å². The maximum atomic E-state index is 11.9. The second-order valence-electron chi connectivity index (χ2n) is 4.65. The molecule has 1 unspecified atom stereocenters. The molecule has 1 fully saturated rings. The molecule has 18 heavy (non-hydrogen) atoms. The topological polar surface area (TPSA) is 29.5 Å². The van der Waals surface area contributed by atoms with E-state index in [2.05, 4.69) is 4.74 Å². The van der Waals surface area contributed by atoms with Crippen LogP contribution in [0.3, 0.4) is 0 Å². The Labute approximate surface area is 103 Å². The van der Waals surface area contributed by atoms with E-state index in [9.17, 15) is 18.3 Å². The van der Waals surface area contributed by atoms with E-state index in [-0.39, 0.29) is 5.75 Å². The van der Waals surface area contributed by atoms with Crippen LogP contribution >= 0.6 is 0 Å². The van der Waals surface area contributed by atoms with Crippen molar-refractivity contribution in [1.29, 1.82) is 0 Å². The number of halogens is 3. The summed E-state index contributed by atoms with van der Waals surface area (Å²) >= 11 is 0. The molecule has 2 rings (SSSR count). The summed E-state index contributed by atoms with van der Waals surface area (Å²) in [6.07, 6.45) is -1.19. The molecular formula is C13H15F3O2.